The van der Waals surface area contributed by atoms with Crippen LogP contribution in [0.1, 0.15) is 43.7 Å². The van der Waals surface area contributed by atoms with Gasteiger partial charge in [-0.05, 0) is 44.0 Å². The maximum Gasteiger partial charge on any atom is 0.276 e. The van der Waals surface area contributed by atoms with Gasteiger partial charge in [0.05, 0.1) is 17.6 Å². The Balaban J connectivity index is 0.00000193. The molecule has 31 heavy (non-hydrogen) atoms. The van der Waals surface area contributed by atoms with E-state index < -0.39 is 0 Å². The van der Waals surface area contributed by atoms with Crippen molar-refractivity contribution in [2.24, 2.45) is 0 Å². The van der Waals surface area contributed by atoms with Gasteiger partial charge in [0.25, 0.3) is 11.8 Å². The van der Waals surface area contributed by atoms with Crippen molar-refractivity contribution in [2.75, 3.05) is 18.5 Å². The third-order valence-electron chi connectivity index (χ3n) is 5.18. The lowest BCUT2D eigenvalue weighted by Crippen LogP contribution is -2.38. The van der Waals surface area contributed by atoms with Gasteiger partial charge < -0.3 is 15.4 Å². The van der Waals surface area contributed by atoms with E-state index in [-0.39, 0.29) is 27.8 Å². The zero-order chi connectivity index (χ0) is 21.6. The first-order valence-electron chi connectivity index (χ1n) is 10.3. The summed E-state index contributed by atoms with van der Waals surface area (Å²) in [6.45, 7) is 3.07. The number of hydrogen-bond acceptors (Lipinski definition) is 5. The Hall–Kier alpha value is -3.58. The lowest BCUT2D eigenvalue weighted by atomic mass is 10.1. The molecule has 164 valence electrons. The van der Waals surface area contributed by atoms with E-state index in [4.69, 9.17) is 4.74 Å². The number of aryl methyl sites for hydroxylation is 1. The summed E-state index contributed by atoms with van der Waals surface area (Å²) < 4.78 is 5.34. The largest absolute Gasteiger partial charge is 0.381 e. The van der Waals surface area contributed by atoms with Crippen LogP contribution in [-0.2, 0) is 4.74 Å². The zero-order valence-electron chi connectivity index (χ0n) is 17.3. The summed E-state index contributed by atoms with van der Waals surface area (Å²) in [6.07, 6.45) is 3.24. The van der Waals surface area contributed by atoms with Gasteiger partial charge >= 0.3 is 0 Å². The van der Waals surface area contributed by atoms with Crippen molar-refractivity contribution in [2.45, 2.75) is 25.8 Å². The fourth-order valence-electron chi connectivity index (χ4n) is 3.45. The van der Waals surface area contributed by atoms with Crippen molar-refractivity contribution in [1.29, 1.82) is 0 Å². The Bertz CT molecular complexity index is 1090. The second-order valence-corrected chi connectivity index (χ2v) is 7.45. The summed E-state index contributed by atoms with van der Waals surface area (Å²) in [7, 11) is 0. The van der Waals surface area contributed by atoms with E-state index in [1.807, 2.05) is 36.4 Å². The summed E-state index contributed by atoms with van der Waals surface area (Å²) in [5.41, 5.74) is 3.27. The van der Waals surface area contributed by atoms with E-state index in [0.29, 0.717) is 35.9 Å². The van der Waals surface area contributed by atoms with Crippen LogP contribution in [0, 0.1) is 6.92 Å². The number of carbonyl (C=O) groups excluding carboxylic acids is 2. The fourth-order valence-corrected chi connectivity index (χ4v) is 3.45. The molecule has 4 rings (SSSR count). The molecule has 0 unspecified atom stereocenters. The highest BCUT2D eigenvalue weighted by Crippen LogP contribution is 2.20. The van der Waals surface area contributed by atoms with Gasteiger partial charge in [-0.3, -0.25) is 14.6 Å². The Labute approximate surface area is 185 Å². The topological polar surface area (TPSA) is 93.2 Å². The fraction of sp³-hybridized carbons (Fsp3) is 0.250. The number of aromatic nitrogens is 2. The summed E-state index contributed by atoms with van der Waals surface area (Å²) in [5.74, 6) is -0.456. The van der Waals surface area contributed by atoms with Gasteiger partial charge in [-0.25, -0.2) is 4.98 Å². The predicted octanol–water partition coefficient (Wildman–Crippen LogP) is 4.35. The Morgan fingerprint density at radius 2 is 1.81 bits per heavy atom. The third kappa shape index (κ3) is 5.13. The number of para-hydroxylation sites is 1. The van der Waals surface area contributed by atoms with Crippen LogP contribution in [0.15, 0.2) is 60.8 Å². The number of carbonyl (C=O) groups is 2. The molecule has 0 spiro atoms. The molecule has 3 aromatic rings. The van der Waals surface area contributed by atoms with Crippen molar-refractivity contribution in [3.05, 3.63) is 77.7 Å². The number of benzene rings is 2. The number of hydrogen-bond donors (Lipinski definition) is 2. The van der Waals surface area contributed by atoms with Crippen molar-refractivity contribution >= 4 is 17.5 Å². The number of amides is 2. The van der Waals surface area contributed by atoms with Crippen LogP contribution >= 0.6 is 0 Å². The van der Waals surface area contributed by atoms with E-state index >= 15 is 0 Å². The Kier molecular flexibility index (Phi) is 6.33. The van der Waals surface area contributed by atoms with Crippen LogP contribution in [0.5, 0.6) is 0 Å². The molecule has 1 saturated heterocycles. The highest BCUT2D eigenvalue weighted by molar-refractivity contribution is 6.03. The molecule has 2 aromatic carbocycles. The molecule has 1 aliphatic heterocycles. The van der Waals surface area contributed by atoms with Crippen LogP contribution in [0.25, 0.3) is 11.3 Å². The zero-order valence-corrected chi connectivity index (χ0v) is 17.3. The number of nitrogens with zero attached hydrogens (tertiary/aromatic N) is 2. The summed E-state index contributed by atoms with van der Waals surface area (Å²) >= 11 is 0. The van der Waals surface area contributed by atoms with Crippen molar-refractivity contribution in [3.8, 4) is 11.3 Å². The van der Waals surface area contributed by atoms with E-state index in [0.717, 1.165) is 18.4 Å². The highest BCUT2D eigenvalue weighted by atomic mass is 16.5. The molecule has 0 radical (unpaired) electrons. The third-order valence-corrected chi connectivity index (χ3v) is 5.18. The molecule has 0 aliphatic carbocycles. The standard InChI is InChI=1S/C24H24N4O3.3H2/c1-16-22(24(30)27-19-8-3-2-4-9-19)28-21(15-25-16)17-6-5-7-18(14-17)23(29)26-20-10-12-31-13-11-20;;;/h2-9,14-15,20H,10-13H2,1H3,(H,26,29)(H,27,30);3*1H. The summed E-state index contributed by atoms with van der Waals surface area (Å²) in [5, 5.41) is 5.90. The number of ether oxygens (including phenoxy) is 1. The molecule has 2 amide bonds. The highest BCUT2D eigenvalue weighted by Gasteiger charge is 2.18. The molecular formula is C24H30N4O3. The minimum Gasteiger partial charge on any atom is -0.381 e. The minimum atomic E-state index is -0.327. The van der Waals surface area contributed by atoms with Gasteiger partial charge in [-0.1, -0.05) is 30.3 Å². The smallest absolute Gasteiger partial charge is 0.276 e. The molecule has 1 aliphatic rings. The molecule has 1 fully saturated rings. The van der Waals surface area contributed by atoms with Crippen LogP contribution in [-0.4, -0.2) is 41.0 Å². The monoisotopic (exact) mass is 422 g/mol. The van der Waals surface area contributed by atoms with E-state index in [9.17, 15) is 9.59 Å². The second-order valence-electron chi connectivity index (χ2n) is 7.45. The SMILES string of the molecule is Cc1ncc(-c2cccc(C(=O)NC3CCOCC3)c2)nc1C(=O)Nc1ccccc1.[HH].[HH].[HH]. The first-order valence-corrected chi connectivity index (χ1v) is 10.3. The molecule has 0 saturated carbocycles. The number of nitrogens with one attached hydrogen (secondary N) is 2. The molecule has 7 heteroatoms. The van der Waals surface area contributed by atoms with Crippen LogP contribution in [0.3, 0.4) is 0 Å². The number of anilines is 1. The van der Waals surface area contributed by atoms with Crippen molar-refractivity contribution in [1.82, 2.24) is 15.3 Å². The molecule has 2 N–H and O–H groups in total. The molecule has 2 heterocycles. The minimum absolute atomic E-state index is 0. The average Bonchev–Trinajstić information content (AvgIpc) is 2.81. The molecule has 0 atom stereocenters. The van der Waals surface area contributed by atoms with Gasteiger partial charge in [-0.15, -0.1) is 0 Å². The lowest BCUT2D eigenvalue weighted by molar-refractivity contribution is 0.0696. The van der Waals surface area contributed by atoms with Crippen LogP contribution in [0.4, 0.5) is 5.69 Å². The summed E-state index contributed by atoms with van der Waals surface area (Å²) in [4.78, 5) is 34.3. The predicted molar refractivity (Wildman–Crippen MR) is 124 cm³/mol. The van der Waals surface area contributed by atoms with E-state index in [2.05, 4.69) is 20.6 Å². The normalized spacial score (nSPS) is 14.1. The summed E-state index contributed by atoms with van der Waals surface area (Å²) in [6, 6.07) is 16.5. The Morgan fingerprint density at radius 3 is 2.58 bits per heavy atom. The number of rotatable bonds is 5. The van der Waals surface area contributed by atoms with Crippen LogP contribution in [0.2, 0.25) is 0 Å². The van der Waals surface area contributed by atoms with Gasteiger partial charge in [-0.2, -0.15) is 0 Å². The maximum absolute atomic E-state index is 12.7. The van der Waals surface area contributed by atoms with E-state index in [1.165, 1.54) is 0 Å². The molecule has 0 bridgehead atoms. The van der Waals surface area contributed by atoms with Gasteiger partial charge in [0.15, 0.2) is 0 Å². The molecule has 1 aromatic heterocycles. The van der Waals surface area contributed by atoms with Crippen molar-refractivity contribution < 1.29 is 18.6 Å². The first kappa shape index (κ1) is 20.7. The van der Waals surface area contributed by atoms with Gasteiger partial charge in [0, 0.05) is 40.3 Å². The van der Waals surface area contributed by atoms with Crippen LogP contribution < -0.4 is 10.6 Å². The maximum atomic E-state index is 12.7. The average molecular weight is 423 g/mol. The van der Waals surface area contributed by atoms with Gasteiger partial charge in [0.1, 0.15) is 5.69 Å². The molecule has 7 nitrogen and oxygen atoms in total. The lowest BCUT2D eigenvalue weighted by Gasteiger charge is -2.23. The van der Waals surface area contributed by atoms with Crippen molar-refractivity contribution in [3.63, 3.8) is 0 Å². The van der Waals surface area contributed by atoms with E-state index in [1.54, 1.807) is 31.3 Å². The quantitative estimate of drug-likeness (QED) is 0.638. The first-order chi connectivity index (χ1) is 15.1. The molecular weight excluding hydrogens is 392 g/mol. The van der Waals surface area contributed by atoms with Gasteiger partial charge in [0.2, 0.25) is 0 Å². The second kappa shape index (κ2) is 9.49. The Morgan fingerprint density at radius 1 is 1.03 bits per heavy atom.